The lowest BCUT2D eigenvalue weighted by Gasteiger charge is -2.60. The average Bonchev–Trinajstić information content (AvgIpc) is 2.90. The maximum atomic E-state index is 12.5. The molecule has 3 aromatic rings. The van der Waals surface area contributed by atoms with Gasteiger partial charge in [0.25, 0.3) is 0 Å². The second-order valence-electron chi connectivity index (χ2n) is 10.1. The number of benzene rings is 3. The Kier molecular flexibility index (Phi) is 6.11. The first-order chi connectivity index (χ1) is 16.5. The highest BCUT2D eigenvalue weighted by Crippen LogP contribution is 2.57. The number of rotatable bonds is 8. The van der Waals surface area contributed by atoms with Gasteiger partial charge in [0, 0.05) is 24.7 Å². The number of phenols is 2. The molecule has 2 bridgehead atoms. The maximum absolute atomic E-state index is 12.5. The Labute approximate surface area is 201 Å². The molecule has 3 aromatic carbocycles. The van der Waals surface area contributed by atoms with Gasteiger partial charge in [-0.05, 0) is 28.8 Å². The first kappa shape index (κ1) is 22.9. The zero-order valence-electron chi connectivity index (χ0n) is 19.6. The summed E-state index contributed by atoms with van der Waals surface area (Å²) in [4.78, 5) is 0. The van der Waals surface area contributed by atoms with Crippen LogP contribution in [0.25, 0.3) is 0 Å². The van der Waals surface area contributed by atoms with Crippen LogP contribution in [-0.2, 0) is 16.9 Å². The minimum Gasteiger partial charge on any atom is -0.504 e. The van der Waals surface area contributed by atoms with Crippen LogP contribution in [0.2, 0.25) is 0 Å². The van der Waals surface area contributed by atoms with Crippen molar-refractivity contribution in [3.63, 3.8) is 0 Å². The highest BCUT2D eigenvalue weighted by atomic mass is 16.5. The van der Waals surface area contributed by atoms with Crippen molar-refractivity contribution in [2.45, 2.75) is 31.5 Å². The van der Waals surface area contributed by atoms with Crippen molar-refractivity contribution >= 4 is 0 Å². The molecule has 0 aliphatic carbocycles. The van der Waals surface area contributed by atoms with Gasteiger partial charge in [-0.25, -0.2) is 0 Å². The molecule has 3 fully saturated rings. The van der Waals surface area contributed by atoms with E-state index in [2.05, 4.69) is 24.3 Å². The van der Waals surface area contributed by atoms with Crippen LogP contribution in [-0.4, -0.2) is 52.6 Å². The average molecular weight is 461 g/mol. The third kappa shape index (κ3) is 3.98. The minimum absolute atomic E-state index is 0.113. The van der Waals surface area contributed by atoms with Gasteiger partial charge in [0.2, 0.25) is 0 Å². The van der Waals surface area contributed by atoms with Gasteiger partial charge in [0.15, 0.2) is 11.5 Å². The van der Waals surface area contributed by atoms with E-state index in [1.807, 2.05) is 36.4 Å². The van der Waals surface area contributed by atoms with Crippen molar-refractivity contribution in [1.82, 2.24) is 0 Å². The van der Waals surface area contributed by atoms with Crippen molar-refractivity contribution in [3.05, 3.63) is 95.6 Å². The molecule has 3 heterocycles. The van der Waals surface area contributed by atoms with Crippen LogP contribution >= 0.6 is 0 Å². The third-order valence-electron chi connectivity index (χ3n) is 8.36. The fourth-order valence-electron chi connectivity index (χ4n) is 6.19. The summed E-state index contributed by atoms with van der Waals surface area (Å²) in [7, 11) is 0. The zero-order valence-corrected chi connectivity index (χ0v) is 19.6. The summed E-state index contributed by atoms with van der Waals surface area (Å²) in [5.41, 5.74) is 1.67. The first-order valence-electron chi connectivity index (χ1n) is 12.2. The van der Waals surface area contributed by atoms with Crippen molar-refractivity contribution in [2.24, 2.45) is 5.41 Å². The van der Waals surface area contributed by atoms with Crippen LogP contribution in [0.1, 0.15) is 36.0 Å². The Balaban J connectivity index is 1.28. The lowest BCUT2D eigenvalue weighted by molar-refractivity contribution is -0.946. The lowest BCUT2D eigenvalue weighted by Crippen LogP contribution is -2.67. The number of piperidine rings is 3. The first-order valence-corrected chi connectivity index (χ1v) is 12.2. The van der Waals surface area contributed by atoms with E-state index in [-0.39, 0.29) is 16.9 Å². The van der Waals surface area contributed by atoms with E-state index in [0.29, 0.717) is 13.2 Å². The molecule has 0 atom stereocenters. The minimum atomic E-state index is -0.997. The predicted octanol–water partition coefficient (Wildman–Crippen LogP) is 4.55. The zero-order chi connectivity index (χ0) is 23.7. The van der Waals surface area contributed by atoms with Gasteiger partial charge in [-0.1, -0.05) is 66.7 Å². The van der Waals surface area contributed by atoms with E-state index in [4.69, 9.17) is 4.74 Å². The van der Waals surface area contributed by atoms with Gasteiger partial charge in [-0.15, -0.1) is 0 Å². The molecule has 5 heteroatoms. The number of aromatic hydroxyl groups is 2. The number of ether oxygens (including phenoxy) is 1. The fourth-order valence-corrected chi connectivity index (χ4v) is 6.19. The molecule has 3 N–H and O–H groups in total. The molecule has 6 rings (SSSR count). The second kappa shape index (κ2) is 9.06. The van der Waals surface area contributed by atoms with Gasteiger partial charge in [0.1, 0.15) is 12.1 Å². The number of hydrogen-bond acceptors (Lipinski definition) is 4. The van der Waals surface area contributed by atoms with E-state index in [0.717, 1.165) is 66.6 Å². The van der Waals surface area contributed by atoms with Crippen LogP contribution < -0.4 is 0 Å². The molecule has 5 nitrogen and oxygen atoms in total. The Morgan fingerprint density at radius 2 is 1.32 bits per heavy atom. The molecular weight excluding hydrogens is 426 g/mol. The Morgan fingerprint density at radius 1 is 0.765 bits per heavy atom. The van der Waals surface area contributed by atoms with E-state index in [1.54, 1.807) is 12.1 Å². The molecule has 0 saturated carbocycles. The molecule has 0 unspecified atom stereocenters. The Bertz CT molecular complexity index is 1050. The number of phenolic OH excluding ortho intramolecular Hbond substituents is 2. The Morgan fingerprint density at radius 3 is 1.85 bits per heavy atom. The molecule has 178 valence electrons. The van der Waals surface area contributed by atoms with Crippen molar-refractivity contribution < 1.29 is 24.5 Å². The molecule has 0 radical (unpaired) electrons. The Hall–Kier alpha value is -2.86. The van der Waals surface area contributed by atoms with Crippen LogP contribution in [0.5, 0.6) is 11.5 Å². The number of fused-ring (bicyclic) bond motifs is 3. The number of hydrogen-bond donors (Lipinski definition) is 3. The van der Waals surface area contributed by atoms with E-state index in [1.165, 1.54) is 6.07 Å². The molecule has 3 saturated heterocycles. The van der Waals surface area contributed by atoms with Crippen molar-refractivity contribution in [1.29, 1.82) is 0 Å². The van der Waals surface area contributed by atoms with Gasteiger partial charge in [0.05, 0.1) is 32.8 Å². The standard InChI is InChI=1S/C29H33NO4/c31-26-12-11-23(21-27(26)32)22-34-20-19-30-16-13-28(14-17-30,15-18-30)29(33,24-7-3-1-4-8-24)25-9-5-2-6-10-25/h1-12,21,33H,13-20,22H2,(H-,31,32)/p+1. The molecule has 3 aliphatic heterocycles. The maximum Gasteiger partial charge on any atom is 0.157 e. The highest BCUT2D eigenvalue weighted by molar-refractivity contribution is 5.41. The van der Waals surface area contributed by atoms with Crippen molar-refractivity contribution in [3.8, 4) is 11.5 Å². The fraction of sp³-hybridized carbons (Fsp3) is 0.379. The summed E-state index contributed by atoms with van der Waals surface area (Å²) in [6.07, 6.45) is 2.96. The number of aliphatic hydroxyl groups is 1. The smallest absolute Gasteiger partial charge is 0.157 e. The van der Waals surface area contributed by atoms with Gasteiger partial charge in [-0.3, -0.25) is 0 Å². The normalized spacial score (nSPS) is 24.3. The van der Waals surface area contributed by atoms with E-state index >= 15 is 0 Å². The van der Waals surface area contributed by atoms with E-state index < -0.39 is 5.60 Å². The van der Waals surface area contributed by atoms with Crippen molar-refractivity contribution in [2.75, 3.05) is 32.8 Å². The monoisotopic (exact) mass is 460 g/mol. The van der Waals surface area contributed by atoms with Gasteiger partial charge in [-0.2, -0.15) is 0 Å². The summed E-state index contributed by atoms with van der Waals surface area (Å²) in [5, 5.41) is 31.6. The van der Waals surface area contributed by atoms with Crippen LogP contribution in [0.3, 0.4) is 0 Å². The number of quaternary nitrogens is 1. The molecular formula is C29H34NO4+. The largest absolute Gasteiger partial charge is 0.504 e. The molecule has 0 spiro atoms. The van der Waals surface area contributed by atoms with Gasteiger partial charge < -0.3 is 24.5 Å². The molecule has 0 amide bonds. The summed E-state index contributed by atoms with van der Waals surface area (Å²) in [6.45, 7) is 5.16. The van der Waals surface area contributed by atoms with Crippen LogP contribution in [0.15, 0.2) is 78.9 Å². The highest BCUT2D eigenvalue weighted by Gasteiger charge is 2.60. The SMILES string of the molecule is Oc1ccc(COCC[N+]23CCC(C(O)(c4ccccc4)c4ccccc4)(CC2)CC3)cc1O. The quantitative estimate of drug-likeness (QED) is 0.262. The van der Waals surface area contributed by atoms with Crippen LogP contribution in [0, 0.1) is 5.41 Å². The molecule has 0 aromatic heterocycles. The van der Waals surface area contributed by atoms with E-state index in [9.17, 15) is 15.3 Å². The summed E-state index contributed by atoms with van der Waals surface area (Å²) in [5.74, 6) is -0.228. The topological polar surface area (TPSA) is 69.9 Å². The lowest BCUT2D eigenvalue weighted by atomic mass is 9.56. The molecule has 34 heavy (non-hydrogen) atoms. The summed E-state index contributed by atoms with van der Waals surface area (Å²) >= 11 is 0. The summed E-state index contributed by atoms with van der Waals surface area (Å²) < 4.78 is 6.98. The third-order valence-corrected chi connectivity index (χ3v) is 8.36. The number of nitrogens with zero attached hydrogens (tertiary/aromatic N) is 1. The second-order valence-corrected chi connectivity index (χ2v) is 10.1. The van der Waals surface area contributed by atoms with Gasteiger partial charge >= 0.3 is 0 Å². The predicted molar refractivity (Wildman–Crippen MR) is 131 cm³/mol. The molecule has 3 aliphatic rings. The van der Waals surface area contributed by atoms with Crippen LogP contribution in [0.4, 0.5) is 0 Å². The summed E-state index contributed by atoms with van der Waals surface area (Å²) in [6, 6.07) is 25.2.